The van der Waals surface area contributed by atoms with Gasteiger partial charge in [-0.15, -0.1) is 0 Å². The molecule has 0 spiro atoms. The van der Waals surface area contributed by atoms with Crippen molar-refractivity contribution in [2.75, 3.05) is 26.2 Å². The number of hydrogen-bond donors (Lipinski definition) is 1. The Morgan fingerprint density at radius 2 is 1.79 bits per heavy atom. The van der Waals surface area contributed by atoms with Gasteiger partial charge >= 0.3 is 5.97 Å². The van der Waals surface area contributed by atoms with Gasteiger partial charge < -0.3 is 14.7 Å². The van der Waals surface area contributed by atoms with E-state index >= 15 is 0 Å². The Morgan fingerprint density at radius 1 is 1.00 bits per heavy atom. The largest absolute Gasteiger partial charge is 0.493 e. The van der Waals surface area contributed by atoms with E-state index < -0.39 is 11.9 Å². The van der Waals surface area contributed by atoms with E-state index in [-0.39, 0.29) is 36.1 Å². The molecule has 3 aliphatic heterocycles. The molecule has 0 aliphatic carbocycles. The highest BCUT2D eigenvalue weighted by Gasteiger charge is 2.47. The molecule has 1 unspecified atom stereocenters. The number of likely N-dealkylation sites (tertiary alicyclic amines) is 1. The van der Waals surface area contributed by atoms with Crippen LogP contribution in [0, 0.1) is 11.8 Å². The van der Waals surface area contributed by atoms with Gasteiger partial charge in [-0.1, -0.05) is 82.7 Å². The highest BCUT2D eigenvalue weighted by molar-refractivity contribution is 5.98. The number of unbranched alkanes of at least 4 members (excludes halogenated alkanes) is 4. The second-order valence-electron chi connectivity index (χ2n) is 12.8. The summed E-state index contributed by atoms with van der Waals surface area (Å²) in [4.78, 5) is 44.0. The first kappa shape index (κ1) is 31.2. The van der Waals surface area contributed by atoms with Crippen molar-refractivity contribution in [2.24, 2.45) is 11.8 Å². The molecule has 2 aromatic rings. The number of Topliss-reactive ketones (excluding diaryl/α,β-unsaturated/α-hetero) is 1. The zero-order valence-electron chi connectivity index (χ0n) is 25.9. The first-order valence-corrected chi connectivity index (χ1v) is 16.5. The molecule has 1 amide bonds. The zero-order chi connectivity index (χ0) is 30.3. The number of nitrogens with zero attached hydrogens (tertiary/aromatic N) is 2. The summed E-state index contributed by atoms with van der Waals surface area (Å²) in [6.07, 6.45) is 9.81. The second kappa shape index (κ2) is 14.5. The monoisotopic (exact) mass is 588 g/mol. The predicted molar refractivity (Wildman–Crippen MR) is 167 cm³/mol. The maximum atomic E-state index is 13.9. The van der Waals surface area contributed by atoms with Crippen LogP contribution in [-0.2, 0) is 22.6 Å². The fraction of sp³-hybridized carbons (Fsp3) is 0.583. The van der Waals surface area contributed by atoms with Crippen LogP contribution in [0.15, 0.2) is 42.5 Å². The van der Waals surface area contributed by atoms with Crippen LogP contribution in [0.3, 0.4) is 0 Å². The zero-order valence-corrected chi connectivity index (χ0v) is 25.9. The molecule has 7 heteroatoms. The number of amides is 1. The van der Waals surface area contributed by atoms with E-state index in [0.29, 0.717) is 32.7 Å². The molecule has 5 rings (SSSR count). The third-order valence-corrected chi connectivity index (χ3v) is 9.89. The molecule has 1 fully saturated rings. The van der Waals surface area contributed by atoms with E-state index in [0.717, 1.165) is 72.9 Å². The Morgan fingerprint density at radius 3 is 2.56 bits per heavy atom. The molecule has 43 heavy (non-hydrogen) atoms. The predicted octanol–water partition coefficient (Wildman–Crippen LogP) is 6.48. The van der Waals surface area contributed by atoms with E-state index in [9.17, 15) is 19.5 Å². The molecule has 1 saturated heterocycles. The van der Waals surface area contributed by atoms with Gasteiger partial charge in [-0.3, -0.25) is 19.3 Å². The smallest absolute Gasteiger partial charge is 0.308 e. The Balaban J connectivity index is 1.37. The van der Waals surface area contributed by atoms with Crippen LogP contribution in [-0.4, -0.2) is 64.8 Å². The molecule has 3 heterocycles. The lowest BCUT2D eigenvalue weighted by molar-refractivity contribution is -0.143. The van der Waals surface area contributed by atoms with Crippen molar-refractivity contribution in [1.82, 2.24) is 9.80 Å². The van der Waals surface area contributed by atoms with Crippen LogP contribution in [0.25, 0.3) is 0 Å². The van der Waals surface area contributed by atoms with Gasteiger partial charge in [0.1, 0.15) is 11.5 Å². The fourth-order valence-electron chi connectivity index (χ4n) is 7.47. The van der Waals surface area contributed by atoms with Gasteiger partial charge in [0.25, 0.3) is 5.91 Å². The van der Waals surface area contributed by atoms with E-state index in [1.54, 1.807) is 0 Å². The van der Waals surface area contributed by atoms with Gasteiger partial charge in [-0.25, -0.2) is 0 Å². The summed E-state index contributed by atoms with van der Waals surface area (Å²) in [6, 6.07) is 13.4. The number of ketones is 1. The molecule has 0 aromatic heterocycles. The molecule has 0 bridgehead atoms. The van der Waals surface area contributed by atoms with Gasteiger partial charge in [-0.2, -0.15) is 0 Å². The number of aliphatic carboxylic acids is 1. The summed E-state index contributed by atoms with van der Waals surface area (Å²) in [5.74, 6) is -0.576. The quantitative estimate of drug-likeness (QED) is 0.226. The fourth-order valence-corrected chi connectivity index (χ4v) is 7.47. The summed E-state index contributed by atoms with van der Waals surface area (Å²) in [7, 11) is 0. The van der Waals surface area contributed by atoms with Crippen molar-refractivity contribution >= 4 is 17.7 Å². The average molecular weight is 589 g/mol. The maximum Gasteiger partial charge on any atom is 0.308 e. The van der Waals surface area contributed by atoms with Crippen molar-refractivity contribution < 1.29 is 24.2 Å². The van der Waals surface area contributed by atoms with Crippen molar-refractivity contribution in [2.45, 2.75) is 96.6 Å². The van der Waals surface area contributed by atoms with Crippen LogP contribution >= 0.6 is 0 Å². The molecule has 4 atom stereocenters. The normalized spacial score (nSPS) is 22.0. The van der Waals surface area contributed by atoms with Crippen molar-refractivity contribution in [3.8, 4) is 5.75 Å². The number of fused-ring (bicyclic) bond motifs is 2. The van der Waals surface area contributed by atoms with Crippen molar-refractivity contribution in [1.29, 1.82) is 0 Å². The van der Waals surface area contributed by atoms with Gasteiger partial charge in [0, 0.05) is 49.5 Å². The summed E-state index contributed by atoms with van der Waals surface area (Å²) >= 11 is 0. The third kappa shape index (κ3) is 7.14. The molecule has 1 N–H and O–H groups in total. The third-order valence-electron chi connectivity index (χ3n) is 9.89. The van der Waals surface area contributed by atoms with Gasteiger partial charge in [0.2, 0.25) is 0 Å². The number of carboxylic acid groups (broad SMARTS) is 1. The van der Waals surface area contributed by atoms with Crippen LogP contribution in [0.1, 0.15) is 105 Å². The van der Waals surface area contributed by atoms with Gasteiger partial charge in [-0.05, 0) is 48.1 Å². The number of rotatable bonds is 16. The number of hydrogen-bond acceptors (Lipinski definition) is 5. The Kier molecular flexibility index (Phi) is 10.6. The summed E-state index contributed by atoms with van der Waals surface area (Å²) in [5, 5.41) is 10.6. The minimum absolute atomic E-state index is 0.00461. The van der Waals surface area contributed by atoms with Crippen LogP contribution in [0.4, 0.5) is 0 Å². The van der Waals surface area contributed by atoms with E-state index in [1.165, 1.54) is 12.8 Å². The molecule has 3 aliphatic rings. The van der Waals surface area contributed by atoms with E-state index in [1.807, 2.05) is 41.3 Å². The molecule has 0 radical (unpaired) electrons. The lowest BCUT2D eigenvalue weighted by Gasteiger charge is -2.29. The molecular weight excluding hydrogens is 540 g/mol. The average Bonchev–Trinajstić information content (AvgIpc) is 3.71. The van der Waals surface area contributed by atoms with E-state index in [2.05, 4.69) is 24.8 Å². The summed E-state index contributed by atoms with van der Waals surface area (Å²) < 4.78 is 5.71. The van der Waals surface area contributed by atoms with Crippen molar-refractivity contribution in [3.05, 3.63) is 64.7 Å². The summed E-state index contributed by atoms with van der Waals surface area (Å²) in [6.45, 7) is 6.82. The highest BCUT2D eigenvalue weighted by atomic mass is 16.5. The van der Waals surface area contributed by atoms with Crippen LogP contribution < -0.4 is 4.74 Å². The molecule has 0 saturated carbocycles. The first-order valence-electron chi connectivity index (χ1n) is 16.5. The SMILES string of the molecule is CCCCCCC(CCCC)C(=O)CN1C[C@H](c2ccc3c(c2)CCO3)[C@@H](C(=O)O)[C@@H]1CCN1Cc2ccccc2C1=O. The highest BCUT2D eigenvalue weighted by Crippen LogP contribution is 2.41. The van der Waals surface area contributed by atoms with Crippen molar-refractivity contribution in [3.63, 3.8) is 0 Å². The number of benzene rings is 2. The standard InChI is InChI=1S/C36H48N2O5/c1-3-5-7-8-12-25(11-6-4-2)32(39)24-38-23-30(26-15-16-33-27(21-26)18-20-43-33)34(36(41)42)31(38)17-19-37-22-28-13-9-10-14-29(28)35(37)40/h9-10,13-16,21,25,30-31,34H,3-8,11-12,17-20,22-24H2,1-2H3,(H,41,42)/t25?,30-,31+,34-/m1/s1. The van der Waals surface area contributed by atoms with Crippen LogP contribution in [0.5, 0.6) is 5.75 Å². The lowest BCUT2D eigenvalue weighted by atomic mass is 9.83. The van der Waals surface area contributed by atoms with Crippen LogP contribution in [0.2, 0.25) is 0 Å². The minimum atomic E-state index is -0.833. The topological polar surface area (TPSA) is 87.2 Å². The van der Waals surface area contributed by atoms with E-state index in [4.69, 9.17) is 4.74 Å². The first-order chi connectivity index (χ1) is 20.9. The maximum absolute atomic E-state index is 13.9. The number of carbonyl (C=O) groups excluding carboxylic acids is 2. The molecule has 2 aromatic carbocycles. The Labute approximate surface area is 256 Å². The Bertz CT molecular complexity index is 1290. The summed E-state index contributed by atoms with van der Waals surface area (Å²) in [5.41, 5.74) is 3.87. The molecular formula is C36H48N2O5. The number of carbonyl (C=O) groups is 3. The van der Waals surface area contributed by atoms with Gasteiger partial charge in [0.15, 0.2) is 0 Å². The number of ether oxygens (including phenoxy) is 1. The minimum Gasteiger partial charge on any atom is -0.493 e. The molecule has 232 valence electrons. The lowest BCUT2D eigenvalue weighted by Crippen LogP contribution is -2.42. The van der Waals surface area contributed by atoms with Gasteiger partial charge in [0.05, 0.1) is 19.1 Å². The molecule has 7 nitrogen and oxygen atoms in total. The second-order valence-corrected chi connectivity index (χ2v) is 12.8. The number of carboxylic acids is 1. The Hall–Kier alpha value is -3.19.